The van der Waals surface area contributed by atoms with Gasteiger partial charge in [0.25, 0.3) is 0 Å². The Morgan fingerprint density at radius 1 is 0.957 bits per heavy atom. The molecule has 0 unspecified atom stereocenters. The highest BCUT2D eigenvalue weighted by Crippen LogP contribution is 2.12. The van der Waals surface area contributed by atoms with Crippen LogP contribution >= 0.6 is 0 Å². The predicted octanol–water partition coefficient (Wildman–Crippen LogP) is 2.64. The summed E-state index contributed by atoms with van der Waals surface area (Å²) >= 11 is 0. The van der Waals surface area contributed by atoms with Crippen molar-refractivity contribution in [3.05, 3.63) is 72.1 Å². The van der Waals surface area contributed by atoms with Crippen molar-refractivity contribution in [1.82, 2.24) is 15.0 Å². The van der Waals surface area contributed by atoms with Crippen molar-refractivity contribution in [2.24, 2.45) is 0 Å². The molecule has 6 heteroatoms. The lowest BCUT2D eigenvalue weighted by atomic mass is 10.2. The van der Waals surface area contributed by atoms with E-state index in [9.17, 15) is 0 Å². The van der Waals surface area contributed by atoms with Crippen molar-refractivity contribution < 1.29 is 4.74 Å². The Hall–Kier alpha value is -3.15. The van der Waals surface area contributed by atoms with E-state index in [2.05, 4.69) is 20.3 Å². The third kappa shape index (κ3) is 4.41. The van der Waals surface area contributed by atoms with Gasteiger partial charge in [0.1, 0.15) is 12.4 Å². The SMILES string of the molecule is Nc1ccc(CNc2nccc(OCc3ccccc3)n2)cn1. The van der Waals surface area contributed by atoms with E-state index in [4.69, 9.17) is 10.5 Å². The van der Waals surface area contributed by atoms with E-state index in [0.717, 1.165) is 11.1 Å². The van der Waals surface area contributed by atoms with Gasteiger partial charge >= 0.3 is 0 Å². The number of rotatable bonds is 6. The van der Waals surface area contributed by atoms with Crippen LogP contribution in [0.3, 0.4) is 0 Å². The first-order chi connectivity index (χ1) is 11.3. The van der Waals surface area contributed by atoms with E-state index < -0.39 is 0 Å². The average molecular weight is 307 g/mol. The fourth-order valence-electron chi connectivity index (χ4n) is 1.96. The fraction of sp³-hybridized carbons (Fsp3) is 0.118. The third-order valence-corrected chi connectivity index (χ3v) is 3.16. The Bertz CT molecular complexity index is 746. The van der Waals surface area contributed by atoms with Gasteiger partial charge in [-0.1, -0.05) is 36.4 Å². The monoisotopic (exact) mass is 307 g/mol. The van der Waals surface area contributed by atoms with Crippen molar-refractivity contribution in [2.45, 2.75) is 13.2 Å². The Morgan fingerprint density at radius 2 is 1.83 bits per heavy atom. The van der Waals surface area contributed by atoms with Crippen LogP contribution in [0.4, 0.5) is 11.8 Å². The van der Waals surface area contributed by atoms with Gasteiger partial charge in [0.05, 0.1) is 0 Å². The topological polar surface area (TPSA) is 86.0 Å². The van der Waals surface area contributed by atoms with Crippen LogP contribution in [0.25, 0.3) is 0 Å². The van der Waals surface area contributed by atoms with Gasteiger partial charge in [0, 0.05) is 25.0 Å². The summed E-state index contributed by atoms with van der Waals surface area (Å²) in [6.07, 6.45) is 3.38. The zero-order valence-electron chi connectivity index (χ0n) is 12.5. The van der Waals surface area contributed by atoms with E-state index in [-0.39, 0.29) is 0 Å². The summed E-state index contributed by atoms with van der Waals surface area (Å²) in [7, 11) is 0. The standard InChI is InChI=1S/C17H17N5O/c18-15-7-6-14(10-20-15)11-21-17-19-9-8-16(22-17)23-12-13-4-2-1-3-5-13/h1-10H,11-12H2,(H2,18,20)(H,19,21,22). The van der Waals surface area contributed by atoms with Gasteiger partial charge in [-0.3, -0.25) is 0 Å². The van der Waals surface area contributed by atoms with Crippen LogP contribution in [0.5, 0.6) is 5.88 Å². The molecule has 1 aromatic carbocycles. The second-order valence-corrected chi connectivity index (χ2v) is 4.94. The molecule has 0 fully saturated rings. The summed E-state index contributed by atoms with van der Waals surface area (Å²) in [5.74, 6) is 1.54. The quantitative estimate of drug-likeness (QED) is 0.728. The average Bonchev–Trinajstić information content (AvgIpc) is 2.61. The van der Waals surface area contributed by atoms with Crippen LogP contribution in [-0.4, -0.2) is 15.0 Å². The van der Waals surface area contributed by atoms with Crippen LogP contribution < -0.4 is 15.8 Å². The largest absolute Gasteiger partial charge is 0.473 e. The molecule has 0 aliphatic heterocycles. The second-order valence-electron chi connectivity index (χ2n) is 4.94. The first-order valence-electron chi connectivity index (χ1n) is 7.24. The molecule has 3 aromatic rings. The summed E-state index contributed by atoms with van der Waals surface area (Å²) in [4.78, 5) is 12.6. The fourth-order valence-corrected chi connectivity index (χ4v) is 1.96. The molecule has 116 valence electrons. The van der Waals surface area contributed by atoms with Gasteiger partial charge in [-0.15, -0.1) is 0 Å². The number of aromatic nitrogens is 3. The molecule has 2 heterocycles. The van der Waals surface area contributed by atoms with Crippen LogP contribution in [0.2, 0.25) is 0 Å². The van der Waals surface area contributed by atoms with Crippen molar-refractivity contribution in [2.75, 3.05) is 11.1 Å². The van der Waals surface area contributed by atoms with Gasteiger partial charge < -0.3 is 15.8 Å². The lowest BCUT2D eigenvalue weighted by molar-refractivity contribution is 0.294. The number of hydrogen-bond donors (Lipinski definition) is 2. The number of pyridine rings is 1. The first kappa shape index (κ1) is 14.8. The van der Waals surface area contributed by atoms with Gasteiger partial charge in [0.2, 0.25) is 11.8 Å². The summed E-state index contributed by atoms with van der Waals surface area (Å²) < 4.78 is 5.68. The summed E-state index contributed by atoms with van der Waals surface area (Å²) in [6.45, 7) is 1.04. The maximum Gasteiger partial charge on any atom is 0.226 e. The molecule has 0 saturated heterocycles. The molecule has 3 N–H and O–H groups in total. The molecule has 0 aliphatic rings. The van der Waals surface area contributed by atoms with Crippen molar-refractivity contribution in [3.63, 3.8) is 0 Å². The van der Waals surface area contributed by atoms with Crippen LogP contribution in [0, 0.1) is 0 Å². The molecule has 0 bridgehead atoms. The number of anilines is 2. The number of ether oxygens (including phenoxy) is 1. The molecule has 2 aromatic heterocycles. The molecule has 0 atom stereocenters. The molecule has 0 aliphatic carbocycles. The van der Waals surface area contributed by atoms with Crippen molar-refractivity contribution in [1.29, 1.82) is 0 Å². The van der Waals surface area contributed by atoms with E-state index >= 15 is 0 Å². The number of benzene rings is 1. The summed E-state index contributed by atoms with van der Waals surface area (Å²) in [5, 5.41) is 3.14. The number of hydrogen-bond acceptors (Lipinski definition) is 6. The number of nitrogens with two attached hydrogens (primary N) is 1. The van der Waals surface area contributed by atoms with Crippen molar-refractivity contribution in [3.8, 4) is 5.88 Å². The second kappa shape index (κ2) is 7.22. The zero-order valence-corrected chi connectivity index (χ0v) is 12.5. The summed E-state index contributed by atoms with van der Waals surface area (Å²) in [5.41, 5.74) is 7.65. The third-order valence-electron chi connectivity index (χ3n) is 3.16. The Morgan fingerprint density at radius 3 is 2.61 bits per heavy atom. The Balaban J connectivity index is 1.57. The first-order valence-corrected chi connectivity index (χ1v) is 7.24. The number of nitrogens with zero attached hydrogens (tertiary/aromatic N) is 3. The smallest absolute Gasteiger partial charge is 0.226 e. The molecule has 0 amide bonds. The van der Waals surface area contributed by atoms with Crippen LogP contribution in [0.15, 0.2) is 60.9 Å². The molecule has 0 radical (unpaired) electrons. The van der Waals surface area contributed by atoms with E-state index in [0.29, 0.717) is 30.8 Å². The zero-order chi connectivity index (χ0) is 15.9. The molecule has 6 nitrogen and oxygen atoms in total. The highest BCUT2D eigenvalue weighted by molar-refractivity contribution is 5.33. The van der Waals surface area contributed by atoms with Crippen LogP contribution in [-0.2, 0) is 13.2 Å². The Labute approximate surface area is 134 Å². The minimum Gasteiger partial charge on any atom is -0.473 e. The normalized spacial score (nSPS) is 10.3. The van der Waals surface area contributed by atoms with Crippen LogP contribution in [0.1, 0.15) is 11.1 Å². The molecule has 3 rings (SSSR count). The number of nitrogen functional groups attached to an aromatic ring is 1. The van der Waals surface area contributed by atoms with Gasteiger partial charge in [-0.05, 0) is 17.2 Å². The number of nitrogens with one attached hydrogen (secondary N) is 1. The molecule has 0 saturated carbocycles. The molecular formula is C17H17N5O. The van der Waals surface area contributed by atoms with Gasteiger partial charge in [-0.25, -0.2) is 9.97 Å². The Kier molecular flexibility index (Phi) is 4.63. The molecule has 0 spiro atoms. The molecular weight excluding hydrogens is 290 g/mol. The highest BCUT2D eigenvalue weighted by Gasteiger charge is 2.01. The minimum absolute atomic E-state index is 0.471. The maximum absolute atomic E-state index is 5.68. The predicted molar refractivity (Wildman–Crippen MR) is 88.8 cm³/mol. The minimum atomic E-state index is 0.471. The lowest BCUT2D eigenvalue weighted by Gasteiger charge is -2.08. The van der Waals surface area contributed by atoms with E-state index in [1.807, 2.05) is 36.4 Å². The van der Waals surface area contributed by atoms with Gasteiger partial charge in [0.15, 0.2) is 0 Å². The van der Waals surface area contributed by atoms with Gasteiger partial charge in [-0.2, -0.15) is 4.98 Å². The van der Waals surface area contributed by atoms with E-state index in [1.165, 1.54) is 0 Å². The maximum atomic E-state index is 5.68. The van der Waals surface area contributed by atoms with Crippen molar-refractivity contribution >= 4 is 11.8 Å². The van der Waals surface area contributed by atoms with E-state index in [1.54, 1.807) is 24.5 Å². The lowest BCUT2D eigenvalue weighted by Crippen LogP contribution is -2.05. The summed E-state index contributed by atoms with van der Waals surface area (Å²) in [6, 6.07) is 15.4. The highest BCUT2D eigenvalue weighted by atomic mass is 16.5. The molecule has 23 heavy (non-hydrogen) atoms.